The summed E-state index contributed by atoms with van der Waals surface area (Å²) in [4.78, 5) is 10.3. The van der Waals surface area contributed by atoms with Crippen LogP contribution < -0.4 is 10.5 Å². The van der Waals surface area contributed by atoms with E-state index in [1.807, 2.05) is 0 Å². The number of carbonyl (C=O) groups is 1. The highest BCUT2D eigenvalue weighted by Gasteiger charge is 2.01. The number of hydrogen-bond acceptors (Lipinski definition) is 2. The standard InChI is InChI=1S/C9H9F2NO2/c10-6-3-7(11)5-8(4-6)14-2-1-9(12)13/h3-5H,1-2H2,(H2,12,13). The van der Waals surface area contributed by atoms with Crippen molar-refractivity contribution in [3.05, 3.63) is 29.8 Å². The summed E-state index contributed by atoms with van der Waals surface area (Å²) >= 11 is 0. The number of nitrogens with two attached hydrogens (primary N) is 1. The monoisotopic (exact) mass is 201 g/mol. The van der Waals surface area contributed by atoms with Gasteiger partial charge in [-0.05, 0) is 0 Å². The fourth-order valence-corrected chi connectivity index (χ4v) is 0.881. The molecule has 3 nitrogen and oxygen atoms in total. The number of benzene rings is 1. The van der Waals surface area contributed by atoms with E-state index in [0.29, 0.717) is 0 Å². The summed E-state index contributed by atoms with van der Waals surface area (Å²) in [5, 5.41) is 0. The Kier molecular flexibility index (Phi) is 3.39. The number of amides is 1. The number of hydrogen-bond donors (Lipinski definition) is 1. The number of rotatable bonds is 4. The summed E-state index contributed by atoms with van der Waals surface area (Å²) in [5.41, 5.74) is 4.85. The van der Waals surface area contributed by atoms with Crippen LogP contribution >= 0.6 is 0 Å². The van der Waals surface area contributed by atoms with Gasteiger partial charge >= 0.3 is 0 Å². The first-order valence-corrected chi connectivity index (χ1v) is 3.95. The van der Waals surface area contributed by atoms with Crippen LogP contribution in [-0.2, 0) is 4.79 Å². The van der Waals surface area contributed by atoms with E-state index < -0.39 is 17.5 Å². The van der Waals surface area contributed by atoms with Crippen LogP contribution in [0.3, 0.4) is 0 Å². The molecule has 1 rings (SSSR count). The van der Waals surface area contributed by atoms with Gasteiger partial charge in [-0.25, -0.2) is 8.78 Å². The zero-order valence-electron chi connectivity index (χ0n) is 7.30. The van der Waals surface area contributed by atoms with Gasteiger partial charge in [0.15, 0.2) is 0 Å². The second-order valence-electron chi connectivity index (χ2n) is 2.67. The highest BCUT2D eigenvalue weighted by Crippen LogP contribution is 2.15. The van der Waals surface area contributed by atoms with Crippen LogP contribution in [0.15, 0.2) is 18.2 Å². The van der Waals surface area contributed by atoms with E-state index in [0.717, 1.165) is 18.2 Å². The molecule has 0 aliphatic carbocycles. The molecular weight excluding hydrogens is 192 g/mol. The van der Waals surface area contributed by atoms with Crippen molar-refractivity contribution in [1.29, 1.82) is 0 Å². The normalized spacial score (nSPS) is 9.86. The van der Waals surface area contributed by atoms with E-state index in [1.54, 1.807) is 0 Å². The Morgan fingerprint density at radius 2 is 1.86 bits per heavy atom. The van der Waals surface area contributed by atoms with Gasteiger partial charge in [-0.3, -0.25) is 4.79 Å². The van der Waals surface area contributed by atoms with E-state index in [-0.39, 0.29) is 18.8 Å². The second-order valence-corrected chi connectivity index (χ2v) is 2.67. The van der Waals surface area contributed by atoms with Crippen LogP contribution in [0, 0.1) is 11.6 Å². The molecular formula is C9H9F2NO2. The summed E-state index contributed by atoms with van der Waals surface area (Å²) in [6, 6.07) is 2.80. The van der Waals surface area contributed by atoms with Gasteiger partial charge in [-0.15, -0.1) is 0 Å². The molecule has 0 atom stereocenters. The van der Waals surface area contributed by atoms with Crippen molar-refractivity contribution >= 4 is 5.91 Å². The molecule has 1 amide bonds. The first-order chi connectivity index (χ1) is 6.58. The maximum absolute atomic E-state index is 12.6. The second kappa shape index (κ2) is 4.55. The summed E-state index contributed by atoms with van der Waals surface area (Å²) in [5.74, 6) is -1.93. The largest absolute Gasteiger partial charge is 0.493 e. The van der Waals surface area contributed by atoms with Gasteiger partial charge in [0.2, 0.25) is 5.91 Å². The molecule has 0 unspecified atom stereocenters. The number of carbonyl (C=O) groups excluding carboxylic acids is 1. The Morgan fingerprint density at radius 3 is 2.36 bits per heavy atom. The minimum Gasteiger partial charge on any atom is -0.493 e. The van der Waals surface area contributed by atoms with Gasteiger partial charge in [0, 0.05) is 18.2 Å². The molecule has 14 heavy (non-hydrogen) atoms. The van der Waals surface area contributed by atoms with Gasteiger partial charge in [0.1, 0.15) is 17.4 Å². The molecule has 0 heterocycles. The minimum atomic E-state index is -0.723. The zero-order chi connectivity index (χ0) is 10.6. The molecule has 5 heteroatoms. The van der Waals surface area contributed by atoms with Crippen LogP contribution in [0.25, 0.3) is 0 Å². The van der Waals surface area contributed by atoms with E-state index >= 15 is 0 Å². The lowest BCUT2D eigenvalue weighted by Crippen LogP contribution is -2.14. The summed E-state index contributed by atoms with van der Waals surface area (Å²) in [7, 11) is 0. The van der Waals surface area contributed by atoms with Gasteiger partial charge in [-0.1, -0.05) is 0 Å². The van der Waals surface area contributed by atoms with E-state index in [1.165, 1.54) is 0 Å². The van der Waals surface area contributed by atoms with E-state index in [4.69, 9.17) is 10.5 Å². The topological polar surface area (TPSA) is 52.3 Å². The molecule has 76 valence electrons. The lowest BCUT2D eigenvalue weighted by atomic mass is 10.3. The maximum atomic E-state index is 12.6. The Bertz CT molecular complexity index is 321. The van der Waals surface area contributed by atoms with Crippen molar-refractivity contribution in [2.24, 2.45) is 5.73 Å². The van der Waals surface area contributed by atoms with Crippen molar-refractivity contribution < 1.29 is 18.3 Å². The molecule has 1 aromatic carbocycles. The van der Waals surface area contributed by atoms with E-state index in [9.17, 15) is 13.6 Å². The molecule has 0 saturated carbocycles. The van der Waals surface area contributed by atoms with Gasteiger partial charge in [0.05, 0.1) is 13.0 Å². The van der Waals surface area contributed by atoms with Crippen LogP contribution in [0.4, 0.5) is 8.78 Å². The predicted molar refractivity (Wildman–Crippen MR) is 45.7 cm³/mol. The van der Waals surface area contributed by atoms with Gasteiger partial charge in [-0.2, -0.15) is 0 Å². The smallest absolute Gasteiger partial charge is 0.220 e. The molecule has 0 fully saturated rings. The number of ether oxygens (including phenoxy) is 1. The molecule has 0 radical (unpaired) electrons. The van der Waals surface area contributed by atoms with Crippen molar-refractivity contribution in [3.8, 4) is 5.75 Å². The van der Waals surface area contributed by atoms with Crippen molar-refractivity contribution in [1.82, 2.24) is 0 Å². The Balaban J connectivity index is 2.54. The van der Waals surface area contributed by atoms with E-state index in [2.05, 4.69) is 0 Å². The molecule has 0 aromatic heterocycles. The molecule has 2 N–H and O–H groups in total. The van der Waals surface area contributed by atoms with Crippen molar-refractivity contribution in [2.75, 3.05) is 6.61 Å². The Hall–Kier alpha value is -1.65. The van der Waals surface area contributed by atoms with Crippen LogP contribution in [0.5, 0.6) is 5.75 Å². The lowest BCUT2D eigenvalue weighted by Gasteiger charge is -2.04. The minimum absolute atomic E-state index is 0.0120. The lowest BCUT2D eigenvalue weighted by molar-refractivity contribution is -0.118. The first-order valence-electron chi connectivity index (χ1n) is 3.95. The average molecular weight is 201 g/mol. The molecule has 0 spiro atoms. The van der Waals surface area contributed by atoms with Crippen molar-refractivity contribution in [2.45, 2.75) is 6.42 Å². The number of halogens is 2. The third kappa shape index (κ3) is 3.38. The fraction of sp³-hybridized carbons (Fsp3) is 0.222. The Morgan fingerprint density at radius 1 is 1.29 bits per heavy atom. The van der Waals surface area contributed by atoms with Crippen LogP contribution in [0.2, 0.25) is 0 Å². The first kappa shape index (κ1) is 10.4. The highest BCUT2D eigenvalue weighted by atomic mass is 19.1. The third-order valence-electron chi connectivity index (χ3n) is 1.45. The molecule has 0 aliphatic heterocycles. The molecule has 0 aliphatic rings. The predicted octanol–water partition coefficient (Wildman–Crippen LogP) is 1.22. The van der Waals surface area contributed by atoms with Crippen LogP contribution in [0.1, 0.15) is 6.42 Å². The Labute approximate surface area is 79.5 Å². The SMILES string of the molecule is NC(=O)CCOc1cc(F)cc(F)c1. The van der Waals surface area contributed by atoms with Gasteiger partial charge in [0.25, 0.3) is 0 Å². The number of primary amides is 1. The third-order valence-corrected chi connectivity index (χ3v) is 1.45. The maximum Gasteiger partial charge on any atom is 0.220 e. The summed E-state index contributed by atoms with van der Waals surface area (Å²) in [6.07, 6.45) is 0.0120. The van der Waals surface area contributed by atoms with Gasteiger partial charge < -0.3 is 10.5 Å². The molecule has 0 saturated heterocycles. The van der Waals surface area contributed by atoms with Crippen LogP contribution in [-0.4, -0.2) is 12.5 Å². The quantitative estimate of drug-likeness (QED) is 0.796. The summed E-state index contributed by atoms with van der Waals surface area (Å²) in [6.45, 7) is 0.0121. The average Bonchev–Trinajstić information content (AvgIpc) is 2.01. The molecule has 1 aromatic rings. The fourth-order valence-electron chi connectivity index (χ4n) is 0.881. The molecule has 0 bridgehead atoms. The summed E-state index contributed by atoms with van der Waals surface area (Å²) < 4.78 is 30.1. The zero-order valence-corrected chi connectivity index (χ0v) is 7.30. The highest BCUT2D eigenvalue weighted by molar-refractivity contribution is 5.73. The van der Waals surface area contributed by atoms with Crippen molar-refractivity contribution in [3.63, 3.8) is 0 Å².